The Hall–Kier alpha value is -2.37. The minimum atomic E-state index is -0.231. The van der Waals surface area contributed by atoms with Gasteiger partial charge in [-0.3, -0.25) is 9.36 Å². The first-order valence-corrected chi connectivity index (χ1v) is 9.62. The summed E-state index contributed by atoms with van der Waals surface area (Å²) < 4.78 is 1.75. The average molecular weight is 358 g/mol. The Balaban J connectivity index is 2.64. The summed E-state index contributed by atoms with van der Waals surface area (Å²) >= 11 is 0. The Morgan fingerprint density at radius 1 is 1.19 bits per heavy atom. The van der Waals surface area contributed by atoms with Crippen LogP contribution in [0.25, 0.3) is 10.9 Å². The van der Waals surface area contributed by atoms with Gasteiger partial charge >= 0.3 is 6.03 Å². The van der Waals surface area contributed by atoms with E-state index in [-0.39, 0.29) is 17.6 Å². The molecule has 1 atom stereocenters. The highest BCUT2D eigenvalue weighted by Gasteiger charge is 2.27. The van der Waals surface area contributed by atoms with Crippen LogP contribution in [0.2, 0.25) is 0 Å². The van der Waals surface area contributed by atoms with Crippen molar-refractivity contribution in [2.75, 3.05) is 13.1 Å². The molecule has 2 rings (SSSR count). The van der Waals surface area contributed by atoms with Crippen molar-refractivity contribution in [1.29, 1.82) is 0 Å². The van der Waals surface area contributed by atoms with Crippen molar-refractivity contribution in [2.24, 2.45) is 0 Å². The zero-order chi connectivity index (χ0) is 19.1. The fourth-order valence-corrected chi connectivity index (χ4v) is 3.31. The Morgan fingerprint density at radius 3 is 2.54 bits per heavy atom. The number of nitrogens with one attached hydrogen (secondary N) is 1. The van der Waals surface area contributed by atoms with Gasteiger partial charge in [-0.05, 0) is 38.3 Å². The second-order valence-electron chi connectivity index (χ2n) is 6.40. The van der Waals surface area contributed by atoms with E-state index in [9.17, 15) is 9.59 Å². The molecule has 0 radical (unpaired) electrons. The Bertz CT molecular complexity index is 800. The van der Waals surface area contributed by atoms with Gasteiger partial charge in [0, 0.05) is 19.6 Å². The molecule has 0 saturated heterocycles. The fourth-order valence-electron chi connectivity index (χ4n) is 3.31. The molecule has 0 aliphatic heterocycles. The molecular weight excluding hydrogens is 328 g/mol. The maximum absolute atomic E-state index is 13.0. The minimum absolute atomic E-state index is 0.0294. The molecular formula is C20H30N4O2. The van der Waals surface area contributed by atoms with E-state index in [1.807, 2.05) is 56.9 Å². The third-order valence-electron chi connectivity index (χ3n) is 4.45. The largest absolute Gasteiger partial charge is 0.338 e. The first-order chi connectivity index (χ1) is 12.6. The van der Waals surface area contributed by atoms with E-state index in [2.05, 4.69) is 5.32 Å². The van der Waals surface area contributed by atoms with Gasteiger partial charge in [0.25, 0.3) is 5.56 Å². The summed E-state index contributed by atoms with van der Waals surface area (Å²) in [4.78, 5) is 32.3. The summed E-state index contributed by atoms with van der Waals surface area (Å²) in [5.74, 6) is 0.678. The van der Waals surface area contributed by atoms with Crippen LogP contribution in [0.3, 0.4) is 0 Å². The number of carbonyl (C=O) groups is 1. The molecule has 0 spiro atoms. The number of fused-ring (bicyclic) bond motifs is 1. The minimum Gasteiger partial charge on any atom is -0.338 e. The van der Waals surface area contributed by atoms with Gasteiger partial charge in [0.15, 0.2) is 0 Å². The molecule has 6 heteroatoms. The average Bonchev–Trinajstić information content (AvgIpc) is 2.64. The smallest absolute Gasteiger partial charge is 0.318 e. The fraction of sp³-hybridized carbons (Fsp3) is 0.550. The zero-order valence-electron chi connectivity index (χ0n) is 16.3. The first kappa shape index (κ1) is 19.9. The third kappa shape index (κ3) is 4.06. The Labute approximate surface area is 155 Å². The lowest BCUT2D eigenvalue weighted by molar-refractivity contribution is 0.167. The van der Waals surface area contributed by atoms with Crippen LogP contribution in [0.5, 0.6) is 0 Å². The molecule has 6 nitrogen and oxygen atoms in total. The predicted octanol–water partition coefficient (Wildman–Crippen LogP) is 3.70. The Morgan fingerprint density at radius 2 is 1.92 bits per heavy atom. The summed E-state index contributed by atoms with van der Waals surface area (Å²) in [6.07, 6.45) is 2.38. The summed E-state index contributed by atoms with van der Waals surface area (Å²) in [6.45, 7) is 9.82. The normalized spacial score (nSPS) is 12.2. The maximum atomic E-state index is 13.0. The van der Waals surface area contributed by atoms with Crippen molar-refractivity contribution in [3.63, 3.8) is 0 Å². The number of para-hydroxylation sites is 1. The number of carbonyl (C=O) groups excluding carboxylic acids is 1. The number of hydrogen-bond acceptors (Lipinski definition) is 3. The molecule has 142 valence electrons. The number of rotatable bonds is 8. The summed E-state index contributed by atoms with van der Waals surface area (Å²) in [7, 11) is 0. The monoisotopic (exact) mass is 358 g/mol. The molecule has 1 aromatic carbocycles. The lowest BCUT2D eigenvalue weighted by atomic mass is 10.1. The summed E-state index contributed by atoms with van der Waals surface area (Å²) in [5.41, 5.74) is 0.656. The number of benzene rings is 1. The first-order valence-electron chi connectivity index (χ1n) is 9.62. The van der Waals surface area contributed by atoms with E-state index in [1.165, 1.54) is 0 Å². The SMILES string of the molecule is CCCN(C(=O)NCC)C(CC)c1nc2ccccc2c(=O)n1CCC. The highest BCUT2D eigenvalue weighted by Crippen LogP contribution is 2.24. The maximum Gasteiger partial charge on any atom is 0.318 e. The van der Waals surface area contributed by atoms with Crippen LogP contribution >= 0.6 is 0 Å². The van der Waals surface area contributed by atoms with Crippen molar-refractivity contribution in [3.05, 3.63) is 40.4 Å². The molecule has 1 N–H and O–H groups in total. The predicted molar refractivity (Wildman–Crippen MR) is 105 cm³/mol. The molecule has 2 aromatic rings. The van der Waals surface area contributed by atoms with Crippen molar-refractivity contribution in [2.45, 2.75) is 59.5 Å². The lowest BCUT2D eigenvalue weighted by Gasteiger charge is -2.32. The standard InChI is InChI=1S/C20H30N4O2/c1-5-13-23(20(26)21-8-4)17(7-3)18-22-16-12-10-9-11-15(16)19(25)24(18)14-6-2/h9-12,17H,5-8,13-14H2,1-4H3,(H,21,26). The van der Waals surface area contributed by atoms with E-state index in [0.717, 1.165) is 12.8 Å². The van der Waals surface area contributed by atoms with Crippen LogP contribution in [0.15, 0.2) is 29.1 Å². The van der Waals surface area contributed by atoms with Crippen molar-refractivity contribution in [3.8, 4) is 0 Å². The summed E-state index contributed by atoms with van der Waals surface area (Å²) in [6, 6.07) is 7.08. The highest BCUT2D eigenvalue weighted by atomic mass is 16.2. The van der Waals surface area contributed by atoms with Crippen LogP contribution in [0, 0.1) is 0 Å². The van der Waals surface area contributed by atoms with Crippen molar-refractivity contribution < 1.29 is 4.79 Å². The molecule has 0 aliphatic carbocycles. The van der Waals surface area contributed by atoms with E-state index >= 15 is 0 Å². The second kappa shape index (κ2) is 9.36. The van der Waals surface area contributed by atoms with Gasteiger partial charge < -0.3 is 10.2 Å². The molecule has 1 aromatic heterocycles. The topological polar surface area (TPSA) is 67.2 Å². The molecule has 0 bridgehead atoms. The van der Waals surface area contributed by atoms with Gasteiger partial charge in [-0.15, -0.1) is 0 Å². The van der Waals surface area contributed by atoms with Gasteiger partial charge in [-0.1, -0.05) is 32.9 Å². The lowest BCUT2D eigenvalue weighted by Crippen LogP contribution is -2.44. The van der Waals surface area contributed by atoms with Crippen molar-refractivity contribution in [1.82, 2.24) is 19.8 Å². The Kier molecular flexibility index (Phi) is 7.18. The van der Waals surface area contributed by atoms with Crippen LogP contribution in [0.1, 0.15) is 58.8 Å². The number of amides is 2. The molecule has 0 fully saturated rings. The third-order valence-corrected chi connectivity index (χ3v) is 4.45. The summed E-state index contributed by atoms with van der Waals surface area (Å²) in [5, 5.41) is 3.51. The second-order valence-corrected chi connectivity index (χ2v) is 6.40. The molecule has 1 unspecified atom stereocenters. The van der Waals surface area contributed by atoms with E-state index in [4.69, 9.17) is 4.98 Å². The van der Waals surface area contributed by atoms with Gasteiger partial charge in [0.05, 0.1) is 16.9 Å². The number of urea groups is 1. The quantitative estimate of drug-likeness (QED) is 0.782. The van der Waals surface area contributed by atoms with Crippen LogP contribution in [-0.4, -0.2) is 33.6 Å². The highest BCUT2D eigenvalue weighted by molar-refractivity contribution is 5.78. The molecule has 0 aliphatic rings. The van der Waals surface area contributed by atoms with Gasteiger partial charge in [0.2, 0.25) is 0 Å². The van der Waals surface area contributed by atoms with Gasteiger partial charge in [-0.2, -0.15) is 0 Å². The van der Waals surface area contributed by atoms with E-state index in [0.29, 0.717) is 42.8 Å². The van der Waals surface area contributed by atoms with E-state index in [1.54, 1.807) is 4.57 Å². The molecule has 26 heavy (non-hydrogen) atoms. The van der Waals surface area contributed by atoms with Crippen molar-refractivity contribution >= 4 is 16.9 Å². The van der Waals surface area contributed by atoms with Gasteiger partial charge in [0.1, 0.15) is 5.82 Å². The number of nitrogens with zero attached hydrogens (tertiary/aromatic N) is 3. The van der Waals surface area contributed by atoms with Crippen LogP contribution in [-0.2, 0) is 6.54 Å². The number of aromatic nitrogens is 2. The van der Waals surface area contributed by atoms with Crippen LogP contribution in [0.4, 0.5) is 4.79 Å². The van der Waals surface area contributed by atoms with Gasteiger partial charge in [-0.25, -0.2) is 9.78 Å². The number of hydrogen-bond donors (Lipinski definition) is 1. The van der Waals surface area contributed by atoms with E-state index < -0.39 is 0 Å². The zero-order valence-corrected chi connectivity index (χ0v) is 16.3. The molecule has 0 saturated carbocycles. The molecule has 1 heterocycles. The van der Waals surface area contributed by atoms with Crippen LogP contribution < -0.4 is 10.9 Å². The molecule has 2 amide bonds.